The molecule has 0 aliphatic carbocycles. The number of fused-ring (bicyclic) bond motifs is 1. The largest absolute Gasteiger partial charge is 0.476 e. The maximum atomic E-state index is 13.6. The second-order valence-electron chi connectivity index (χ2n) is 5.16. The van der Waals surface area contributed by atoms with Crippen molar-refractivity contribution in [3.63, 3.8) is 0 Å². The number of hydrogen-bond acceptors (Lipinski definition) is 5. The number of carboxylic acid groups (broad SMARTS) is 1. The summed E-state index contributed by atoms with van der Waals surface area (Å²) < 4.78 is 28.5. The van der Waals surface area contributed by atoms with E-state index in [2.05, 4.69) is 5.16 Å². The van der Waals surface area contributed by atoms with E-state index in [-0.39, 0.29) is 5.69 Å². The first kappa shape index (κ1) is 14.4. The number of hydrogen-bond donors (Lipinski definition) is 1. The third kappa shape index (κ3) is 3.03. The van der Waals surface area contributed by atoms with Crippen molar-refractivity contribution in [1.29, 1.82) is 0 Å². The second kappa shape index (κ2) is 5.32. The quantitative estimate of drug-likeness (QED) is 0.914. The van der Waals surface area contributed by atoms with Crippen LogP contribution in [0.3, 0.4) is 0 Å². The predicted molar refractivity (Wildman–Crippen MR) is 72.7 cm³/mol. The summed E-state index contributed by atoms with van der Waals surface area (Å²) in [6, 6.07) is 4.55. The highest BCUT2D eigenvalue weighted by Gasteiger charge is 2.36. The van der Waals surface area contributed by atoms with E-state index in [9.17, 15) is 9.18 Å². The Morgan fingerprint density at radius 3 is 2.77 bits per heavy atom. The molecule has 1 aromatic carbocycles. The number of halogens is 1. The third-order valence-corrected chi connectivity index (χ3v) is 3.26. The summed E-state index contributed by atoms with van der Waals surface area (Å²) in [6.07, 6.45) is 2.01. The first-order valence-corrected chi connectivity index (χ1v) is 6.82. The highest BCUT2D eigenvalue weighted by molar-refractivity contribution is 5.85. The molecule has 1 aliphatic heterocycles. The van der Waals surface area contributed by atoms with E-state index in [4.69, 9.17) is 19.1 Å². The van der Waals surface area contributed by atoms with Crippen molar-refractivity contribution in [2.45, 2.75) is 32.2 Å². The van der Waals surface area contributed by atoms with Crippen molar-refractivity contribution in [3.8, 4) is 11.5 Å². The maximum Gasteiger partial charge on any atom is 0.404 e. The number of carbonyl (C=O) groups is 1. The molecular weight excluding hydrogens is 293 g/mol. The molecule has 0 fully saturated rings. The molecule has 6 nitrogen and oxygen atoms in total. The number of carboxylic acids is 1. The number of rotatable bonds is 5. The van der Waals surface area contributed by atoms with Gasteiger partial charge in [-0.05, 0) is 30.5 Å². The average Bonchev–Trinajstić information content (AvgIpc) is 3.01. The normalized spacial score (nSPS) is 19.4. The van der Waals surface area contributed by atoms with Crippen LogP contribution in [0.1, 0.15) is 35.2 Å². The summed E-state index contributed by atoms with van der Waals surface area (Å²) in [5.74, 6) is 0.180. The Hall–Kier alpha value is -2.57. The van der Waals surface area contributed by atoms with E-state index in [1.54, 1.807) is 12.1 Å². The van der Waals surface area contributed by atoms with Crippen LogP contribution in [0.4, 0.5) is 4.39 Å². The molecule has 0 spiro atoms. The molecule has 0 bridgehead atoms. The van der Waals surface area contributed by atoms with Crippen molar-refractivity contribution >= 4 is 5.97 Å². The second-order valence-corrected chi connectivity index (χ2v) is 5.16. The average molecular weight is 307 g/mol. The molecule has 1 atom stereocenters. The van der Waals surface area contributed by atoms with Crippen molar-refractivity contribution in [1.82, 2.24) is 5.16 Å². The zero-order valence-corrected chi connectivity index (χ0v) is 11.8. The van der Waals surface area contributed by atoms with Crippen LogP contribution in [0.5, 0.6) is 11.5 Å². The van der Waals surface area contributed by atoms with Crippen LogP contribution in [0.15, 0.2) is 28.8 Å². The monoisotopic (exact) mass is 307 g/mol. The number of aromatic nitrogens is 1. The lowest BCUT2D eigenvalue weighted by Gasteiger charge is -2.10. The Morgan fingerprint density at radius 1 is 1.27 bits per heavy atom. The maximum absolute atomic E-state index is 13.6. The summed E-state index contributed by atoms with van der Waals surface area (Å²) in [4.78, 5) is 10.7. The van der Waals surface area contributed by atoms with Gasteiger partial charge in [0.1, 0.15) is 5.76 Å². The van der Waals surface area contributed by atoms with E-state index in [0.29, 0.717) is 30.1 Å². The van der Waals surface area contributed by atoms with Crippen LogP contribution in [-0.4, -0.2) is 22.3 Å². The molecule has 1 N–H and O–H groups in total. The molecule has 7 heteroatoms. The molecule has 116 valence electrons. The minimum Gasteiger partial charge on any atom is -0.476 e. The molecule has 0 saturated heterocycles. The van der Waals surface area contributed by atoms with Gasteiger partial charge in [-0.15, -0.1) is 0 Å². The van der Waals surface area contributed by atoms with Gasteiger partial charge in [0.05, 0.1) is 0 Å². The zero-order chi connectivity index (χ0) is 15.7. The molecule has 22 heavy (non-hydrogen) atoms. The van der Waals surface area contributed by atoms with E-state index in [1.165, 1.54) is 13.0 Å². The topological polar surface area (TPSA) is 81.8 Å². The lowest BCUT2D eigenvalue weighted by atomic mass is 10.1. The van der Waals surface area contributed by atoms with Crippen molar-refractivity contribution in [2.24, 2.45) is 0 Å². The van der Waals surface area contributed by atoms with Crippen molar-refractivity contribution in [3.05, 3.63) is 41.3 Å². The molecular formula is C15H14FNO5. The Morgan fingerprint density at radius 2 is 2.05 bits per heavy atom. The van der Waals surface area contributed by atoms with Gasteiger partial charge in [0.15, 0.2) is 17.2 Å². The van der Waals surface area contributed by atoms with Gasteiger partial charge in [-0.1, -0.05) is 11.2 Å². The fraction of sp³-hybridized carbons (Fsp3) is 0.333. The molecule has 1 aromatic heterocycles. The van der Waals surface area contributed by atoms with Gasteiger partial charge < -0.3 is 19.1 Å². The smallest absolute Gasteiger partial charge is 0.404 e. The zero-order valence-electron chi connectivity index (χ0n) is 11.8. The molecule has 3 rings (SSSR count). The van der Waals surface area contributed by atoms with Crippen LogP contribution in [0.25, 0.3) is 0 Å². The third-order valence-electron chi connectivity index (χ3n) is 3.26. The summed E-state index contributed by atoms with van der Waals surface area (Å²) >= 11 is 0. The van der Waals surface area contributed by atoms with Crippen LogP contribution >= 0.6 is 0 Å². The fourth-order valence-electron chi connectivity index (χ4n) is 2.28. The fourth-order valence-corrected chi connectivity index (χ4v) is 2.28. The van der Waals surface area contributed by atoms with Crippen LogP contribution in [-0.2, 0) is 12.8 Å². The molecule has 1 aliphatic rings. The molecule has 2 aromatic rings. The number of benzene rings is 1. The first-order chi connectivity index (χ1) is 10.4. The number of alkyl halides is 1. The Bertz CT molecular complexity index is 710. The summed E-state index contributed by atoms with van der Waals surface area (Å²) in [5, 5.41) is 12.2. The van der Waals surface area contributed by atoms with Gasteiger partial charge in [-0.25, -0.2) is 4.79 Å². The summed E-state index contributed by atoms with van der Waals surface area (Å²) in [7, 11) is 0. The van der Waals surface area contributed by atoms with Gasteiger partial charge in [0, 0.05) is 19.4 Å². The number of aromatic carboxylic acids is 1. The Kier molecular flexibility index (Phi) is 3.48. The summed E-state index contributed by atoms with van der Waals surface area (Å²) in [6.45, 7) is 1.20. The lowest BCUT2D eigenvalue weighted by Crippen LogP contribution is -2.27. The molecule has 1 unspecified atom stereocenters. The van der Waals surface area contributed by atoms with Crippen LogP contribution in [0.2, 0.25) is 0 Å². The predicted octanol–water partition coefficient (Wildman–Crippen LogP) is 2.96. The van der Waals surface area contributed by atoms with Gasteiger partial charge in [0.25, 0.3) is 0 Å². The van der Waals surface area contributed by atoms with Crippen LogP contribution < -0.4 is 9.47 Å². The molecule has 0 amide bonds. The van der Waals surface area contributed by atoms with Crippen molar-refractivity contribution in [2.75, 3.05) is 0 Å². The molecule has 0 radical (unpaired) electrons. The number of aryl methyl sites for hydroxylation is 2. The van der Waals surface area contributed by atoms with E-state index < -0.39 is 12.0 Å². The minimum absolute atomic E-state index is 0.0969. The lowest BCUT2D eigenvalue weighted by molar-refractivity contribution is -0.173. The first-order valence-electron chi connectivity index (χ1n) is 6.82. The van der Waals surface area contributed by atoms with Gasteiger partial charge in [0.2, 0.25) is 0 Å². The summed E-state index contributed by atoms with van der Waals surface area (Å²) in [5.41, 5.74) is 0.873. The highest BCUT2D eigenvalue weighted by atomic mass is 19.2. The SMILES string of the molecule is CC1(F)Oc2ccc(CCCc3cc(C(=O)O)no3)cc2O1. The van der Waals surface area contributed by atoms with E-state index >= 15 is 0 Å². The molecule has 0 saturated carbocycles. The highest BCUT2D eigenvalue weighted by Crippen LogP contribution is 2.40. The van der Waals surface area contributed by atoms with E-state index in [0.717, 1.165) is 12.0 Å². The Balaban J connectivity index is 1.57. The Labute approximate surface area is 125 Å². The van der Waals surface area contributed by atoms with Gasteiger partial charge in [-0.3, -0.25) is 0 Å². The van der Waals surface area contributed by atoms with Gasteiger partial charge in [-0.2, -0.15) is 4.39 Å². The minimum atomic E-state index is -2.12. The standard InChI is InChI=1S/C15H14FNO5/c1-15(16)20-12-6-5-9(7-13(12)21-15)3-2-4-10-8-11(14(18)19)17-22-10/h5-8H,2-4H2,1H3,(H,18,19). The van der Waals surface area contributed by atoms with Gasteiger partial charge >= 0.3 is 12.0 Å². The number of ether oxygens (including phenoxy) is 2. The van der Waals surface area contributed by atoms with Crippen molar-refractivity contribution < 1.29 is 28.3 Å². The van der Waals surface area contributed by atoms with E-state index in [1.807, 2.05) is 6.07 Å². The van der Waals surface area contributed by atoms with Crippen LogP contribution in [0, 0.1) is 0 Å². The number of nitrogens with zero attached hydrogens (tertiary/aromatic N) is 1. The molecule has 2 heterocycles.